The van der Waals surface area contributed by atoms with E-state index >= 15 is 0 Å². The predicted octanol–water partition coefficient (Wildman–Crippen LogP) is -0.00730. The minimum atomic E-state index is 0.0407. The second kappa shape index (κ2) is 3.53. The van der Waals surface area contributed by atoms with Gasteiger partial charge in [0, 0.05) is 25.7 Å². The van der Waals surface area contributed by atoms with E-state index in [0.717, 1.165) is 19.6 Å². The molecule has 0 aromatic heterocycles. The third kappa shape index (κ3) is 1.80. The highest BCUT2D eigenvalue weighted by Gasteiger charge is 2.20. The average Bonchev–Trinajstić information content (AvgIpc) is 2.04. The van der Waals surface area contributed by atoms with Crippen LogP contribution in [0.1, 0.15) is 6.92 Å². The normalized spacial score (nSPS) is 24.8. The van der Waals surface area contributed by atoms with Crippen LogP contribution in [-0.2, 0) is 4.79 Å². The molecule has 0 radical (unpaired) electrons. The van der Waals surface area contributed by atoms with Crippen LogP contribution < -0.4 is 5.32 Å². The second-order valence-electron chi connectivity index (χ2n) is 2.79. The number of nitrogens with one attached hydrogen (secondary N) is 1. The first-order valence-corrected chi connectivity index (χ1v) is 3.89. The Morgan fingerprint density at radius 2 is 2.55 bits per heavy atom. The Kier molecular flexibility index (Phi) is 2.65. The molecule has 1 rings (SSSR count). The maximum Gasteiger partial charge on any atom is 0.246 e. The van der Waals surface area contributed by atoms with Gasteiger partial charge in [-0.3, -0.25) is 4.79 Å². The number of carbonyl (C=O) groups is 1. The first-order valence-electron chi connectivity index (χ1n) is 3.89. The van der Waals surface area contributed by atoms with Crippen molar-refractivity contribution in [1.29, 1.82) is 0 Å². The minimum Gasteiger partial charge on any atom is -0.334 e. The number of hydrogen-bond acceptors (Lipinski definition) is 2. The number of carbonyl (C=O) groups excluding carboxylic acids is 1. The van der Waals surface area contributed by atoms with E-state index in [9.17, 15) is 4.79 Å². The Morgan fingerprint density at radius 1 is 1.82 bits per heavy atom. The molecule has 1 aliphatic heterocycles. The summed E-state index contributed by atoms with van der Waals surface area (Å²) >= 11 is 0. The summed E-state index contributed by atoms with van der Waals surface area (Å²) in [5.74, 6) is 0.0407. The van der Waals surface area contributed by atoms with Gasteiger partial charge in [-0.25, -0.2) is 0 Å². The third-order valence-corrected chi connectivity index (χ3v) is 1.96. The molecule has 0 aromatic rings. The van der Waals surface area contributed by atoms with Gasteiger partial charge in [-0.1, -0.05) is 6.58 Å². The predicted molar refractivity (Wildman–Crippen MR) is 44.2 cm³/mol. The molecule has 1 heterocycles. The Morgan fingerprint density at radius 3 is 3.09 bits per heavy atom. The van der Waals surface area contributed by atoms with Crippen LogP contribution in [-0.4, -0.2) is 36.5 Å². The van der Waals surface area contributed by atoms with E-state index in [0.29, 0.717) is 6.04 Å². The molecule has 0 bridgehead atoms. The van der Waals surface area contributed by atoms with Crippen LogP contribution in [0.5, 0.6) is 0 Å². The molecule has 11 heavy (non-hydrogen) atoms. The van der Waals surface area contributed by atoms with E-state index in [2.05, 4.69) is 11.9 Å². The number of piperazine rings is 1. The molecule has 62 valence electrons. The van der Waals surface area contributed by atoms with Gasteiger partial charge in [0.05, 0.1) is 0 Å². The maximum atomic E-state index is 11.2. The summed E-state index contributed by atoms with van der Waals surface area (Å²) in [4.78, 5) is 13.0. The van der Waals surface area contributed by atoms with Gasteiger partial charge in [0.25, 0.3) is 0 Å². The molecule has 3 heteroatoms. The van der Waals surface area contributed by atoms with Crippen molar-refractivity contribution in [2.75, 3.05) is 19.6 Å². The first-order chi connectivity index (χ1) is 5.25. The zero-order valence-corrected chi connectivity index (χ0v) is 6.84. The molecular formula is C8H14N2O. The molecule has 1 atom stereocenters. The van der Waals surface area contributed by atoms with Gasteiger partial charge in [-0.15, -0.1) is 0 Å². The van der Waals surface area contributed by atoms with E-state index in [1.807, 2.05) is 11.8 Å². The molecule has 0 aromatic carbocycles. The SMILES string of the molecule is C=CC(=O)N1CCNCC1C. The number of hydrogen-bond donors (Lipinski definition) is 1. The summed E-state index contributed by atoms with van der Waals surface area (Å²) in [7, 11) is 0. The fraction of sp³-hybridized carbons (Fsp3) is 0.625. The lowest BCUT2D eigenvalue weighted by Gasteiger charge is -2.33. The molecule has 3 nitrogen and oxygen atoms in total. The standard InChI is InChI=1S/C8H14N2O/c1-3-8(11)10-5-4-9-6-7(10)2/h3,7,9H,1,4-6H2,2H3. The van der Waals surface area contributed by atoms with Crippen molar-refractivity contribution in [3.63, 3.8) is 0 Å². The maximum absolute atomic E-state index is 11.2. The summed E-state index contributed by atoms with van der Waals surface area (Å²) in [5.41, 5.74) is 0. The summed E-state index contributed by atoms with van der Waals surface area (Å²) in [5, 5.41) is 3.22. The zero-order chi connectivity index (χ0) is 8.27. The lowest BCUT2D eigenvalue weighted by molar-refractivity contribution is -0.128. The molecule has 1 saturated heterocycles. The smallest absolute Gasteiger partial charge is 0.246 e. The van der Waals surface area contributed by atoms with Gasteiger partial charge in [0.1, 0.15) is 0 Å². The Bertz CT molecular complexity index is 167. The fourth-order valence-corrected chi connectivity index (χ4v) is 1.29. The van der Waals surface area contributed by atoms with Gasteiger partial charge in [0.2, 0.25) is 5.91 Å². The van der Waals surface area contributed by atoms with Crippen LogP contribution >= 0.6 is 0 Å². The quantitative estimate of drug-likeness (QED) is 0.539. The summed E-state index contributed by atoms with van der Waals surface area (Å²) in [6.45, 7) is 8.07. The van der Waals surface area contributed by atoms with Crippen LogP contribution in [0.15, 0.2) is 12.7 Å². The lowest BCUT2D eigenvalue weighted by Crippen LogP contribution is -2.51. The Labute approximate surface area is 67.1 Å². The number of nitrogens with zero attached hydrogens (tertiary/aromatic N) is 1. The highest BCUT2D eigenvalue weighted by Crippen LogP contribution is 2.02. The van der Waals surface area contributed by atoms with Crippen molar-refractivity contribution in [2.24, 2.45) is 0 Å². The van der Waals surface area contributed by atoms with E-state index in [-0.39, 0.29) is 5.91 Å². The molecule has 1 unspecified atom stereocenters. The van der Waals surface area contributed by atoms with Crippen LogP contribution in [0.4, 0.5) is 0 Å². The number of rotatable bonds is 1. The van der Waals surface area contributed by atoms with Crippen molar-refractivity contribution in [1.82, 2.24) is 10.2 Å². The average molecular weight is 154 g/mol. The highest BCUT2D eigenvalue weighted by molar-refractivity contribution is 5.87. The van der Waals surface area contributed by atoms with Gasteiger partial charge in [-0.2, -0.15) is 0 Å². The molecule has 0 spiro atoms. The van der Waals surface area contributed by atoms with E-state index in [1.54, 1.807) is 0 Å². The molecular weight excluding hydrogens is 140 g/mol. The summed E-state index contributed by atoms with van der Waals surface area (Å²) in [6, 6.07) is 0.300. The molecule has 0 saturated carbocycles. The summed E-state index contributed by atoms with van der Waals surface area (Å²) in [6.07, 6.45) is 1.38. The topological polar surface area (TPSA) is 32.3 Å². The van der Waals surface area contributed by atoms with Crippen molar-refractivity contribution in [3.8, 4) is 0 Å². The van der Waals surface area contributed by atoms with Crippen molar-refractivity contribution in [3.05, 3.63) is 12.7 Å². The molecule has 1 amide bonds. The van der Waals surface area contributed by atoms with E-state index < -0.39 is 0 Å². The summed E-state index contributed by atoms with van der Waals surface area (Å²) < 4.78 is 0. The van der Waals surface area contributed by atoms with Gasteiger partial charge < -0.3 is 10.2 Å². The monoisotopic (exact) mass is 154 g/mol. The second-order valence-corrected chi connectivity index (χ2v) is 2.79. The van der Waals surface area contributed by atoms with Crippen LogP contribution in [0, 0.1) is 0 Å². The van der Waals surface area contributed by atoms with Gasteiger partial charge in [-0.05, 0) is 13.0 Å². The van der Waals surface area contributed by atoms with E-state index in [4.69, 9.17) is 0 Å². The van der Waals surface area contributed by atoms with Crippen LogP contribution in [0.2, 0.25) is 0 Å². The molecule has 1 N–H and O–H groups in total. The number of amides is 1. The van der Waals surface area contributed by atoms with Crippen molar-refractivity contribution in [2.45, 2.75) is 13.0 Å². The van der Waals surface area contributed by atoms with Crippen LogP contribution in [0.25, 0.3) is 0 Å². The Hall–Kier alpha value is -0.830. The lowest BCUT2D eigenvalue weighted by atomic mass is 10.2. The van der Waals surface area contributed by atoms with Crippen molar-refractivity contribution < 1.29 is 4.79 Å². The van der Waals surface area contributed by atoms with E-state index in [1.165, 1.54) is 6.08 Å². The molecule has 1 fully saturated rings. The van der Waals surface area contributed by atoms with Crippen molar-refractivity contribution >= 4 is 5.91 Å². The van der Waals surface area contributed by atoms with Gasteiger partial charge >= 0.3 is 0 Å². The third-order valence-electron chi connectivity index (χ3n) is 1.96. The molecule has 0 aliphatic carbocycles. The Balaban J connectivity index is 2.53. The molecule has 1 aliphatic rings. The minimum absolute atomic E-state index is 0.0407. The first kappa shape index (κ1) is 8.27. The fourth-order valence-electron chi connectivity index (χ4n) is 1.29. The zero-order valence-electron chi connectivity index (χ0n) is 6.84. The van der Waals surface area contributed by atoms with Crippen LogP contribution in [0.3, 0.4) is 0 Å². The van der Waals surface area contributed by atoms with Gasteiger partial charge in [0.15, 0.2) is 0 Å². The highest BCUT2D eigenvalue weighted by atomic mass is 16.2. The largest absolute Gasteiger partial charge is 0.334 e.